The zero-order valence-electron chi connectivity index (χ0n) is 28.7. The molecule has 5 N–H and O–H groups in total. The molecule has 1 aliphatic carbocycles. The van der Waals surface area contributed by atoms with Crippen LogP contribution in [0.4, 0.5) is 11.4 Å². The number of phenols is 3. The van der Waals surface area contributed by atoms with Gasteiger partial charge < -0.3 is 40.3 Å². The highest BCUT2D eigenvalue weighted by molar-refractivity contribution is 9.10. The van der Waals surface area contributed by atoms with Crippen molar-refractivity contribution in [3.05, 3.63) is 67.6 Å². The van der Waals surface area contributed by atoms with Crippen LogP contribution in [-0.2, 0) is 14.3 Å². The van der Waals surface area contributed by atoms with Crippen LogP contribution in [0.25, 0.3) is 0 Å². The molecule has 0 spiro atoms. The van der Waals surface area contributed by atoms with Crippen LogP contribution in [0.15, 0.2) is 40.9 Å². The van der Waals surface area contributed by atoms with E-state index in [-0.39, 0.29) is 69.2 Å². The van der Waals surface area contributed by atoms with Crippen LogP contribution in [0.3, 0.4) is 0 Å². The number of anilines is 2. The maximum atomic E-state index is 12.0. The van der Waals surface area contributed by atoms with Crippen LogP contribution in [0.1, 0.15) is 79.2 Å². The van der Waals surface area contributed by atoms with Gasteiger partial charge in [0.15, 0.2) is 17.3 Å². The molecule has 0 aliphatic heterocycles. The van der Waals surface area contributed by atoms with Crippen molar-refractivity contribution in [1.29, 1.82) is 0 Å². The van der Waals surface area contributed by atoms with Crippen molar-refractivity contribution < 1.29 is 44.0 Å². The first-order valence-electron chi connectivity index (χ1n) is 15.5. The zero-order valence-corrected chi connectivity index (χ0v) is 31.8. The second-order valence-electron chi connectivity index (χ2n) is 11.6. The number of aromatic hydroxyl groups is 3. The number of nitrogens with zero attached hydrogens (tertiary/aromatic N) is 1. The van der Waals surface area contributed by atoms with Gasteiger partial charge >= 0.3 is 5.97 Å². The molecule has 272 valence electrons. The Hall–Kier alpha value is -4.04. The topological polar surface area (TPSA) is 175 Å². The minimum atomic E-state index is -0.518. The number of aryl methyl sites for hydroxylation is 1. The van der Waals surface area contributed by atoms with Crippen molar-refractivity contribution in [2.75, 3.05) is 31.5 Å². The van der Waals surface area contributed by atoms with Crippen molar-refractivity contribution in [2.45, 2.75) is 65.9 Å². The van der Waals surface area contributed by atoms with Crippen molar-refractivity contribution in [3.63, 3.8) is 0 Å². The molecular formula is C35H42BrCl2N3O9. The summed E-state index contributed by atoms with van der Waals surface area (Å²) in [5.74, 6) is -1.05. The van der Waals surface area contributed by atoms with Gasteiger partial charge in [0.2, 0.25) is 5.91 Å². The Morgan fingerprint density at radius 3 is 1.98 bits per heavy atom. The Balaban J connectivity index is 0.000000273. The van der Waals surface area contributed by atoms with E-state index in [0.717, 1.165) is 12.8 Å². The van der Waals surface area contributed by atoms with Gasteiger partial charge in [0.05, 0.1) is 32.0 Å². The number of halogens is 3. The van der Waals surface area contributed by atoms with Gasteiger partial charge in [-0.05, 0) is 72.4 Å². The number of amides is 2. The lowest BCUT2D eigenvalue weighted by Gasteiger charge is -2.22. The van der Waals surface area contributed by atoms with E-state index in [9.17, 15) is 34.5 Å². The first-order chi connectivity index (χ1) is 23.4. The average molecular weight is 800 g/mol. The van der Waals surface area contributed by atoms with E-state index in [0.29, 0.717) is 26.9 Å². The van der Waals surface area contributed by atoms with Gasteiger partial charge in [0.25, 0.3) is 5.91 Å². The highest BCUT2D eigenvalue weighted by Crippen LogP contribution is 2.36. The normalized spacial score (nSPS) is 12.3. The van der Waals surface area contributed by atoms with Crippen molar-refractivity contribution in [1.82, 2.24) is 4.90 Å². The number of phenolic OH excluding ortho intramolecular Hbond substituents is 3. The van der Waals surface area contributed by atoms with Crippen LogP contribution < -0.4 is 15.4 Å². The summed E-state index contributed by atoms with van der Waals surface area (Å²) >= 11 is 14.9. The van der Waals surface area contributed by atoms with Crippen molar-refractivity contribution in [2.24, 2.45) is 0 Å². The van der Waals surface area contributed by atoms with E-state index < -0.39 is 5.97 Å². The van der Waals surface area contributed by atoms with Gasteiger partial charge in [-0.3, -0.25) is 19.2 Å². The van der Waals surface area contributed by atoms with E-state index in [1.807, 2.05) is 0 Å². The van der Waals surface area contributed by atoms with Crippen LogP contribution in [0.2, 0.25) is 10.0 Å². The molecule has 0 radical (unpaired) electrons. The van der Waals surface area contributed by atoms with Gasteiger partial charge in [0.1, 0.15) is 18.2 Å². The fourth-order valence-corrected chi connectivity index (χ4v) is 5.60. The number of rotatable bonds is 8. The molecule has 12 nitrogen and oxygen atoms in total. The third-order valence-corrected chi connectivity index (χ3v) is 8.30. The second kappa shape index (κ2) is 20.0. The van der Waals surface area contributed by atoms with Gasteiger partial charge in [-0.2, -0.15) is 0 Å². The zero-order chi connectivity index (χ0) is 37.7. The van der Waals surface area contributed by atoms with Crippen LogP contribution >= 0.6 is 39.1 Å². The van der Waals surface area contributed by atoms with E-state index >= 15 is 0 Å². The Morgan fingerprint density at radius 2 is 1.44 bits per heavy atom. The first kappa shape index (κ1) is 42.1. The number of ketones is 1. The number of Topliss-reactive ketones (excluding diaryl/α,β-unsaturated/α-hetero) is 1. The molecule has 0 atom stereocenters. The molecule has 15 heteroatoms. The summed E-state index contributed by atoms with van der Waals surface area (Å²) in [6.45, 7) is 6.06. The molecule has 0 unspecified atom stereocenters. The standard InChI is InChI=1S/C16H23ClN2O3.C10H10ClNO4.C9H9BrO2/c1-19(2)16(21)11-8-13(17)15(20)14(9-11)18-10-22-12-6-4-3-5-7-12;1-5(13)12-9-4-7(16-6(2)14)3-8(11)10(9)15;1-5-3-7(6(2)11)4-8(10)9(5)12/h8-9,12,18,20H,3-7,10H2,1-2H3;3-4,15H,1-2H3,(H,12,13);3-4,12H,1-2H3. The summed E-state index contributed by atoms with van der Waals surface area (Å²) in [6.07, 6.45) is 6.10. The molecule has 1 fully saturated rings. The monoisotopic (exact) mass is 797 g/mol. The van der Waals surface area contributed by atoms with Gasteiger partial charge in [-0.15, -0.1) is 0 Å². The highest BCUT2D eigenvalue weighted by atomic mass is 79.9. The van der Waals surface area contributed by atoms with Crippen molar-refractivity contribution in [3.8, 4) is 23.0 Å². The smallest absolute Gasteiger partial charge is 0.308 e. The molecule has 3 aromatic carbocycles. The van der Waals surface area contributed by atoms with Crippen LogP contribution in [0.5, 0.6) is 23.0 Å². The number of carbonyl (C=O) groups is 4. The fraction of sp³-hybridized carbons (Fsp3) is 0.371. The number of esters is 1. The SMILES string of the molecule is CC(=O)Nc1cc(OC(C)=O)cc(Cl)c1O.CC(=O)c1cc(C)c(O)c(Br)c1.CN(C)C(=O)c1cc(Cl)c(O)c(NCOC2CCCCC2)c1. The number of benzene rings is 3. The summed E-state index contributed by atoms with van der Waals surface area (Å²) in [4.78, 5) is 46.0. The Labute approximate surface area is 309 Å². The summed E-state index contributed by atoms with van der Waals surface area (Å²) in [7, 11) is 3.34. The Morgan fingerprint density at radius 1 is 0.840 bits per heavy atom. The molecule has 2 amide bonds. The number of hydrogen-bond acceptors (Lipinski definition) is 10. The molecule has 50 heavy (non-hydrogen) atoms. The molecule has 0 saturated heterocycles. The summed E-state index contributed by atoms with van der Waals surface area (Å²) in [5.41, 5.74) is 2.24. The molecule has 0 heterocycles. The van der Waals surface area contributed by atoms with Gasteiger partial charge in [-0.25, -0.2) is 0 Å². The van der Waals surface area contributed by atoms with E-state index in [1.54, 1.807) is 39.2 Å². The molecule has 4 rings (SSSR count). The molecule has 3 aromatic rings. The average Bonchev–Trinajstić information content (AvgIpc) is 3.04. The third kappa shape index (κ3) is 13.3. The summed E-state index contributed by atoms with van der Waals surface area (Å²) < 4.78 is 11.1. The minimum Gasteiger partial charge on any atom is -0.506 e. The molecule has 1 saturated carbocycles. The molecule has 0 bridgehead atoms. The van der Waals surface area contributed by atoms with E-state index in [4.69, 9.17) is 32.7 Å². The highest BCUT2D eigenvalue weighted by Gasteiger charge is 2.17. The largest absolute Gasteiger partial charge is 0.506 e. The number of ether oxygens (including phenoxy) is 2. The molecule has 0 aromatic heterocycles. The Bertz CT molecular complexity index is 1670. The van der Waals surface area contributed by atoms with Crippen LogP contribution in [-0.4, -0.2) is 70.7 Å². The van der Waals surface area contributed by atoms with Gasteiger partial charge in [0, 0.05) is 51.2 Å². The lowest BCUT2D eigenvalue weighted by Crippen LogP contribution is -2.22. The predicted octanol–water partition coefficient (Wildman–Crippen LogP) is 8.06. The molecule has 1 aliphatic rings. The van der Waals surface area contributed by atoms with Crippen LogP contribution in [0, 0.1) is 6.92 Å². The second-order valence-corrected chi connectivity index (χ2v) is 13.2. The third-order valence-electron chi connectivity index (χ3n) is 7.12. The Kier molecular flexibility index (Phi) is 16.8. The fourth-order valence-electron chi connectivity index (χ4n) is 4.61. The predicted molar refractivity (Wildman–Crippen MR) is 197 cm³/mol. The number of carbonyl (C=O) groups excluding carboxylic acids is 4. The van der Waals surface area contributed by atoms with Crippen molar-refractivity contribution >= 4 is 74.1 Å². The quantitative estimate of drug-likeness (QED) is 0.0493. The number of nitrogens with one attached hydrogen (secondary N) is 2. The number of hydrogen-bond donors (Lipinski definition) is 5. The van der Waals surface area contributed by atoms with E-state index in [2.05, 4.69) is 26.6 Å². The van der Waals surface area contributed by atoms with Gasteiger partial charge in [-0.1, -0.05) is 42.5 Å². The summed E-state index contributed by atoms with van der Waals surface area (Å²) in [6, 6.07) is 8.93. The maximum absolute atomic E-state index is 12.0. The van der Waals surface area contributed by atoms with E-state index in [1.165, 1.54) is 63.1 Å². The molecular weight excluding hydrogens is 757 g/mol. The lowest BCUT2D eigenvalue weighted by atomic mass is 9.98. The summed E-state index contributed by atoms with van der Waals surface area (Å²) in [5, 5.41) is 34.4. The maximum Gasteiger partial charge on any atom is 0.308 e. The minimum absolute atomic E-state index is 0.00111. The lowest BCUT2D eigenvalue weighted by molar-refractivity contribution is -0.131. The first-order valence-corrected chi connectivity index (χ1v) is 17.0.